The average molecular weight is 186 g/mol. The predicted octanol–water partition coefficient (Wildman–Crippen LogP) is 1.90. The number of rotatable bonds is 4. The number of epoxide rings is 1. The van der Waals surface area contributed by atoms with Crippen LogP contribution in [0.2, 0.25) is 0 Å². The second-order valence-electron chi connectivity index (χ2n) is 3.59. The molecule has 1 fully saturated rings. The lowest BCUT2D eigenvalue weighted by Gasteiger charge is -2.12. The number of carbonyl (C=O) groups is 1. The molecule has 0 bridgehead atoms. The van der Waals surface area contributed by atoms with Crippen molar-refractivity contribution in [2.45, 2.75) is 51.7 Å². The molecular weight excluding hydrogens is 168 g/mol. The van der Waals surface area contributed by atoms with E-state index in [4.69, 9.17) is 9.47 Å². The first-order chi connectivity index (χ1) is 6.06. The van der Waals surface area contributed by atoms with Crippen molar-refractivity contribution >= 4 is 5.97 Å². The average Bonchev–Trinajstić information content (AvgIpc) is 2.75. The Morgan fingerprint density at radius 3 is 2.23 bits per heavy atom. The quantitative estimate of drug-likeness (QED) is 0.497. The smallest absolute Gasteiger partial charge is 0.341 e. The molecule has 0 spiro atoms. The molecule has 1 rings (SSSR count). The molecule has 3 heteroatoms. The highest BCUT2D eigenvalue weighted by atomic mass is 16.7. The molecule has 1 heterocycles. The molecule has 0 aromatic rings. The van der Waals surface area contributed by atoms with Gasteiger partial charge in [-0.2, -0.15) is 0 Å². The van der Waals surface area contributed by atoms with Crippen molar-refractivity contribution in [1.82, 2.24) is 0 Å². The van der Waals surface area contributed by atoms with Gasteiger partial charge in [0.15, 0.2) is 5.60 Å². The summed E-state index contributed by atoms with van der Waals surface area (Å²) in [6.07, 6.45) is 1.54. The third-order valence-electron chi connectivity index (χ3n) is 2.99. The number of esters is 1. The Labute approximate surface area is 79.4 Å². The minimum atomic E-state index is -0.655. The maximum Gasteiger partial charge on any atom is 0.341 e. The van der Waals surface area contributed by atoms with Gasteiger partial charge in [-0.1, -0.05) is 13.8 Å². The number of hydrogen-bond acceptors (Lipinski definition) is 3. The Kier molecular flexibility index (Phi) is 2.66. The van der Waals surface area contributed by atoms with Crippen molar-refractivity contribution in [2.75, 3.05) is 6.61 Å². The molecule has 2 unspecified atom stereocenters. The zero-order valence-corrected chi connectivity index (χ0v) is 8.85. The zero-order chi connectivity index (χ0) is 10.1. The van der Waals surface area contributed by atoms with Gasteiger partial charge < -0.3 is 9.47 Å². The van der Waals surface area contributed by atoms with Crippen LogP contribution in [0.3, 0.4) is 0 Å². The van der Waals surface area contributed by atoms with E-state index in [1.54, 1.807) is 0 Å². The van der Waals surface area contributed by atoms with E-state index >= 15 is 0 Å². The molecule has 1 saturated heterocycles. The summed E-state index contributed by atoms with van der Waals surface area (Å²) in [4.78, 5) is 11.6. The van der Waals surface area contributed by atoms with Crippen LogP contribution >= 0.6 is 0 Å². The molecule has 1 aliphatic heterocycles. The molecule has 0 aromatic carbocycles. The fourth-order valence-electron chi connectivity index (χ4n) is 1.81. The minimum absolute atomic E-state index is 0.207. The first kappa shape index (κ1) is 10.5. The lowest BCUT2D eigenvalue weighted by molar-refractivity contribution is -0.149. The normalized spacial score (nSPS) is 37.2. The maximum atomic E-state index is 11.6. The standard InChI is InChI=1S/C10H18O3/c1-5-9(4)10(6-2,13-9)8(11)12-7-3/h5-7H2,1-4H3. The maximum absolute atomic E-state index is 11.6. The van der Waals surface area contributed by atoms with Crippen molar-refractivity contribution in [1.29, 1.82) is 0 Å². The largest absolute Gasteiger partial charge is 0.464 e. The van der Waals surface area contributed by atoms with E-state index in [0.717, 1.165) is 6.42 Å². The summed E-state index contributed by atoms with van der Waals surface area (Å²) >= 11 is 0. The second kappa shape index (κ2) is 3.29. The van der Waals surface area contributed by atoms with Gasteiger partial charge in [0.05, 0.1) is 6.61 Å². The van der Waals surface area contributed by atoms with Crippen LogP contribution in [0.25, 0.3) is 0 Å². The van der Waals surface area contributed by atoms with Crippen LogP contribution in [0.1, 0.15) is 40.5 Å². The fraction of sp³-hybridized carbons (Fsp3) is 0.900. The molecule has 0 radical (unpaired) electrons. The van der Waals surface area contributed by atoms with Gasteiger partial charge in [0.1, 0.15) is 5.60 Å². The fourth-order valence-corrected chi connectivity index (χ4v) is 1.81. The third-order valence-corrected chi connectivity index (χ3v) is 2.99. The summed E-state index contributed by atoms with van der Waals surface area (Å²) in [5.41, 5.74) is -0.953. The molecule has 2 atom stereocenters. The van der Waals surface area contributed by atoms with Crippen molar-refractivity contribution in [3.63, 3.8) is 0 Å². The number of ether oxygens (including phenoxy) is 2. The topological polar surface area (TPSA) is 38.8 Å². The number of hydrogen-bond donors (Lipinski definition) is 0. The van der Waals surface area contributed by atoms with Gasteiger partial charge >= 0.3 is 5.97 Å². The molecule has 0 N–H and O–H groups in total. The van der Waals surface area contributed by atoms with Gasteiger partial charge in [0.25, 0.3) is 0 Å². The van der Waals surface area contributed by atoms with Crippen LogP contribution in [0.5, 0.6) is 0 Å². The van der Waals surface area contributed by atoms with E-state index < -0.39 is 5.60 Å². The molecule has 13 heavy (non-hydrogen) atoms. The predicted molar refractivity (Wildman–Crippen MR) is 49.4 cm³/mol. The van der Waals surface area contributed by atoms with Crippen LogP contribution in [-0.4, -0.2) is 23.8 Å². The van der Waals surface area contributed by atoms with E-state index in [9.17, 15) is 4.79 Å². The van der Waals surface area contributed by atoms with E-state index in [1.165, 1.54) is 0 Å². The van der Waals surface area contributed by atoms with Crippen LogP contribution in [0, 0.1) is 0 Å². The summed E-state index contributed by atoms with van der Waals surface area (Å²) in [7, 11) is 0. The van der Waals surface area contributed by atoms with Crippen molar-refractivity contribution in [2.24, 2.45) is 0 Å². The summed E-state index contributed by atoms with van der Waals surface area (Å²) in [6.45, 7) is 8.18. The van der Waals surface area contributed by atoms with Crippen LogP contribution < -0.4 is 0 Å². The van der Waals surface area contributed by atoms with Crippen LogP contribution in [-0.2, 0) is 14.3 Å². The van der Waals surface area contributed by atoms with Gasteiger partial charge in [-0.15, -0.1) is 0 Å². The van der Waals surface area contributed by atoms with E-state index in [2.05, 4.69) is 0 Å². The van der Waals surface area contributed by atoms with E-state index in [-0.39, 0.29) is 11.6 Å². The Balaban J connectivity index is 2.70. The van der Waals surface area contributed by atoms with Crippen molar-refractivity contribution < 1.29 is 14.3 Å². The first-order valence-corrected chi connectivity index (χ1v) is 4.93. The monoisotopic (exact) mass is 186 g/mol. The lowest BCUT2D eigenvalue weighted by Crippen LogP contribution is -2.33. The Hall–Kier alpha value is -0.570. The van der Waals surface area contributed by atoms with E-state index in [0.29, 0.717) is 13.0 Å². The van der Waals surface area contributed by atoms with Crippen molar-refractivity contribution in [3.05, 3.63) is 0 Å². The first-order valence-electron chi connectivity index (χ1n) is 4.93. The Morgan fingerprint density at radius 1 is 1.31 bits per heavy atom. The summed E-state index contributed by atoms with van der Waals surface area (Å²) in [6, 6.07) is 0. The summed E-state index contributed by atoms with van der Waals surface area (Å²) in [5.74, 6) is -0.207. The summed E-state index contributed by atoms with van der Waals surface area (Å²) in [5, 5.41) is 0. The SMILES string of the molecule is CCOC(=O)C1(CC)OC1(C)CC. The number of carbonyl (C=O) groups excluding carboxylic acids is 1. The van der Waals surface area contributed by atoms with Gasteiger partial charge in [-0.3, -0.25) is 0 Å². The minimum Gasteiger partial charge on any atom is -0.464 e. The molecule has 3 nitrogen and oxygen atoms in total. The second-order valence-corrected chi connectivity index (χ2v) is 3.59. The zero-order valence-electron chi connectivity index (χ0n) is 8.85. The highest BCUT2D eigenvalue weighted by Gasteiger charge is 2.70. The van der Waals surface area contributed by atoms with E-state index in [1.807, 2.05) is 27.7 Å². The Morgan fingerprint density at radius 2 is 1.92 bits per heavy atom. The summed E-state index contributed by atoms with van der Waals surface area (Å²) < 4.78 is 10.5. The molecule has 0 aromatic heterocycles. The van der Waals surface area contributed by atoms with Gasteiger partial charge in [-0.05, 0) is 26.7 Å². The molecule has 0 amide bonds. The third kappa shape index (κ3) is 1.35. The Bertz CT molecular complexity index is 214. The van der Waals surface area contributed by atoms with Gasteiger partial charge in [-0.25, -0.2) is 4.79 Å². The van der Waals surface area contributed by atoms with Crippen molar-refractivity contribution in [3.8, 4) is 0 Å². The molecule has 1 aliphatic rings. The van der Waals surface area contributed by atoms with Crippen LogP contribution in [0.15, 0.2) is 0 Å². The molecule has 0 saturated carbocycles. The molecule has 76 valence electrons. The molecular formula is C10H18O3. The highest BCUT2D eigenvalue weighted by Crippen LogP contribution is 2.53. The highest BCUT2D eigenvalue weighted by molar-refractivity contribution is 5.84. The van der Waals surface area contributed by atoms with Crippen LogP contribution in [0.4, 0.5) is 0 Å². The molecule has 0 aliphatic carbocycles. The van der Waals surface area contributed by atoms with Gasteiger partial charge in [0, 0.05) is 0 Å². The lowest BCUT2D eigenvalue weighted by atomic mass is 9.90. The van der Waals surface area contributed by atoms with Gasteiger partial charge in [0.2, 0.25) is 0 Å².